The van der Waals surface area contributed by atoms with Crippen LogP contribution in [0, 0.1) is 6.92 Å². The number of sulfonamides is 1. The Bertz CT molecular complexity index is 1210. The van der Waals surface area contributed by atoms with Crippen molar-refractivity contribution in [3.63, 3.8) is 0 Å². The number of anilines is 2. The van der Waals surface area contributed by atoms with E-state index in [9.17, 15) is 13.2 Å². The van der Waals surface area contributed by atoms with E-state index in [1.807, 2.05) is 0 Å². The first-order valence-electron chi connectivity index (χ1n) is 8.30. The summed E-state index contributed by atoms with van der Waals surface area (Å²) in [5.41, 5.74) is 0.691. The lowest BCUT2D eigenvalue weighted by Crippen LogP contribution is -2.20. The van der Waals surface area contributed by atoms with Crippen LogP contribution in [0.1, 0.15) is 16.1 Å². The molecule has 0 saturated carbocycles. The number of rotatable bonds is 5. The maximum Gasteiger partial charge on any atom is 0.265 e. The van der Waals surface area contributed by atoms with Crippen LogP contribution in [-0.2, 0) is 10.0 Å². The minimum Gasteiger partial charge on any atom is -0.454 e. The highest BCUT2D eigenvalue weighted by Crippen LogP contribution is 2.34. The third kappa shape index (κ3) is 3.71. The molecular weight excluding hydrogens is 422 g/mol. The van der Waals surface area contributed by atoms with Gasteiger partial charge in [-0.3, -0.25) is 4.79 Å². The molecule has 0 aliphatic carbocycles. The molecule has 0 radical (unpaired) electrons. The summed E-state index contributed by atoms with van der Waals surface area (Å²) < 4.78 is 43.2. The summed E-state index contributed by atoms with van der Waals surface area (Å²) in [6, 6.07) is 10.6. The standard InChI is InChI=1S/C18H14ClN3O6S/c1-10-16(19)18(28-21-10)22-29(24,25)15-5-3-2-4-12(15)17(23)20-11-6-7-13-14(8-11)27-9-26-13/h2-8,22H,9H2,1H3,(H,20,23). The molecule has 2 aromatic carbocycles. The van der Waals surface area contributed by atoms with E-state index in [-0.39, 0.29) is 28.2 Å². The number of nitrogens with zero attached hydrogens (tertiary/aromatic N) is 1. The molecule has 0 spiro atoms. The van der Waals surface area contributed by atoms with Crippen LogP contribution in [0.5, 0.6) is 11.5 Å². The lowest BCUT2D eigenvalue weighted by atomic mass is 10.2. The average Bonchev–Trinajstić information content (AvgIpc) is 3.29. The van der Waals surface area contributed by atoms with Crippen LogP contribution in [0.25, 0.3) is 0 Å². The minimum absolute atomic E-state index is 0.0378. The molecule has 2 N–H and O–H groups in total. The van der Waals surface area contributed by atoms with E-state index in [1.165, 1.54) is 18.2 Å². The number of hydrogen-bond acceptors (Lipinski definition) is 7. The lowest BCUT2D eigenvalue weighted by Gasteiger charge is -2.11. The Kier molecular flexibility index (Phi) is 4.81. The van der Waals surface area contributed by atoms with Gasteiger partial charge in [-0.25, -0.2) is 13.1 Å². The highest BCUT2D eigenvalue weighted by Gasteiger charge is 2.25. The molecule has 1 amide bonds. The first-order valence-corrected chi connectivity index (χ1v) is 10.2. The molecule has 1 aromatic heterocycles. The van der Waals surface area contributed by atoms with Crippen molar-refractivity contribution >= 4 is 39.1 Å². The second-order valence-corrected chi connectivity index (χ2v) is 8.06. The van der Waals surface area contributed by atoms with Crippen molar-refractivity contribution < 1.29 is 27.2 Å². The van der Waals surface area contributed by atoms with Gasteiger partial charge in [0.25, 0.3) is 21.8 Å². The largest absolute Gasteiger partial charge is 0.454 e. The molecule has 11 heteroatoms. The van der Waals surface area contributed by atoms with Gasteiger partial charge in [-0.15, -0.1) is 0 Å². The third-order valence-electron chi connectivity index (χ3n) is 4.07. The van der Waals surface area contributed by atoms with E-state index in [0.717, 1.165) is 0 Å². The van der Waals surface area contributed by atoms with Crippen LogP contribution in [0.15, 0.2) is 51.9 Å². The minimum atomic E-state index is -4.17. The molecule has 2 heterocycles. The first kappa shape index (κ1) is 19.1. The smallest absolute Gasteiger partial charge is 0.265 e. The van der Waals surface area contributed by atoms with Crippen molar-refractivity contribution in [1.82, 2.24) is 5.16 Å². The highest BCUT2D eigenvalue weighted by molar-refractivity contribution is 7.92. The van der Waals surface area contributed by atoms with E-state index < -0.39 is 15.9 Å². The number of amides is 1. The predicted molar refractivity (Wildman–Crippen MR) is 104 cm³/mol. The molecule has 1 aliphatic rings. The van der Waals surface area contributed by atoms with Gasteiger partial charge in [0, 0.05) is 11.8 Å². The molecule has 150 valence electrons. The third-order valence-corrected chi connectivity index (χ3v) is 5.90. The summed E-state index contributed by atoms with van der Waals surface area (Å²) in [6.07, 6.45) is 0. The second kappa shape index (κ2) is 7.30. The molecule has 9 nitrogen and oxygen atoms in total. The number of carbonyl (C=O) groups excluding carboxylic acids is 1. The number of ether oxygens (including phenoxy) is 2. The Labute approximate surface area is 170 Å². The molecule has 29 heavy (non-hydrogen) atoms. The van der Waals surface area contributed by atoms with Crippen molar-refractivity contribution in [2.45, 2.75) is 11.8 Å². The van der Waals surface area contributed by atoms with Crippen LogP contribution in [0.4, 0.5) is 11.6 Å². The van der Waals surface area contributed by atoms with Crippen LogP contribution in [0.3, 0.4) is 0 Å². The Morgan fingerprint density at radius 2 is 1.90 bits per heavy atom. The fourth-order valence-electron chi connectivity index (χ4n) is 2.66. The SMILES string of the molecule is Cc1noc(NS(=O)(=O)c2ccccc2C(=O)Nc2ccc3c(c2)OCO3)c1Cl. The zero-order valence-electron chi connectivity index (χ0n) is 14.9. The molecule has 1 aliphatic heterocycles. The monoisotopic (exact) mass is 435 g/mol. The number of halogens is 1. The number of benzene rings is 2. The fourth-order valence-corrected chi connectivity index (χ4v) is 4.03. The van der Waals surface area contributed by atoms with Crippen LogP contribution < -0.4 is 19.5 Å². The summed E-state index contributed by atoms with van der Waals surface area (Å²) in [5.74, 6) is 0.204. The molecule has 4 rings (SSSR count). The fraction of sp³-hybridized carbons (Fsp3) is 0.111. The first-order chi connectivity index (χ1) is 13.8. The number of carbonyl (C=O) groups is 1. The van der Waals surface area contributed by atoms with Gasteiger partial charge < -0.3 is 19.3 Å². The summed E-state index contributed by atoms with van der Waals surface area (Å²) in [7, 11) is -4.17. The molecule has 0 bridgehead atoms. The maximum atomic E-state index is 12.8. The van der Waals surface area contributed by atoms with Gasteiger partial charge in [-0.2, -0.15) is 0 Å². The lowest BCUT2D eigenvalue weighted by molar-refractivity contribution is 0.102. The Morgan fingerprint density at radius 1 is 1.14 bits per heavy atom. The van der Waals surface area contributed by atoms with Gasteiger partial charge >= 0.3 is 0 Å². The number of aryl methyl sites for hydroxylation is 1. The summed E-state index contributed by atoms with van der Waals surface area (Å²) in [6.45, 7) is 1.67. The van der Waals surface area contributed by atoms with Crippen LogP contribution in [-0.4, -0.2) is 26.3 Å². The van der Waals surface area contributed by atoms with Gasteiger partial charge in [-0.05, 0) is 31.2 Å². The van der Waals surface area contributed by atoms with E-state index in [2.05, 4.69) is 15.2 Å². The van der Waals surface area contributed by atoms with Crippen LogP contribution in [0.2, 0.25) is 5.02 Å². The van der Waals surface area contributed by atoms with E-state index in [0.29, 0.717) is 22.9 Å². The Hall–Kier alpha value is -3.24. The number of fused-ring (bicyclic) bond motifs is 1. The van der Waals surface area contributed by atoms with Gasteiger partial charge in [0.15, 0.2) is 11.5 Å². The van der Waals surface area contributed by atoms with Crippen molar-refractivity contribution in [2.24, 2.45) is 0 Å². The van der Waals surface area contributed by atoms with Crippen LogP contribution >= 0.6 is 11.6 Å². The van der Waals surface area contributed by atoms with Gasteiger partial charge in [0.05, 0.1) is 5.56 Å². The Morgan fingerprint density at radius 3 is 2.66 bits per heavy atom. The topological polar surface area (TPSA) is 120 Å². The molecule has 3 aromatic rings. The van der Waals surface area contributed by atoms with Crippen molar-refractivity contribution in [2.75, 3.05) is 16.8 Å². The van der Waals surface area contributed by atoms with Gasteiger partial charge in [0.2, 0.25) is 6.79 Å². The predicted octanol–water partition coefficient (Wildman–Crippen LogP) is 3.42. The molecule has 0 fully saturated rings. The molecular formula is C18H14ClN3O6S. The maximum absolute atomic E-state index is 12.8. The van der Waals surface area contributed by atoms with E-state index >= 15 is 0 Å². The zero-order valence-corrected chi connectivity index (χ0v) is 16.5. The second-order valence-electron chi connectivity index (χ2n) is 6.03. The number of hydrogen-bond donors (Lipinski definition) is 2. The van der Waals surface area contributed by atoms with E-state index in [1.54, 1.807) is 31.2 Å². The zero-order chi connectivity index (χ0) is 20.6. The summed E-state index contributed by atoms with van der Waals surface area (Å²) in [4.78, 5) is 12.5. The Balaban J connectivity index is 1.62. The summed E-state index contributed by atoms with van der Waals surface area (Å²) in [5, 5.41) is 6.29. The summed E-state index contributed by atoms with van der Waals surface area (Å²) >= 11 is 5.97. The van der Waals surface area contributed by atoms with E-state index in [4.69, 9.17) is 25.6 Å². The van der Waals surface area contributed by atoms with Gasteiger partial charge in [-0.1, -0.05) is 28.9 Å². The van der Waals surface area contributed by atoms with Crippen molar-refractivity contribution in [3.05, 3.63) is 58.7 Å². The highest BCUT2D eigenvalue weighted by atomic mass is 35.5. The number of nitrogens with one attached hydrogen (secondary N) is 2. The van der Waals surface area contributed by atoms with Crippen molar-refractivity contribution in [3.8, 4) is 11.5 Å². The number of aromatic nitrogens is 1. The van der Waals surface area contributed by atoms with Gasteiger partial charge in [0.1, 0.15) is 15.6 Å². The normalized spacial score (nSPS) is 12.6. The molecule has 0 unspecified atom stereocenters. The average molecular weight is 436 g/mol. The molecule has 0 atom stereocenters. The van der Waals surface area contributed by atoms with Crippen molar-refractivity contribution in [1.29, 1.82) is 0 Å². The molecule has 0 saturated heterocycles. The quantitative estimate of drug-likeness (QED) is 0.630.